The molecule has 88 valence electrons. The highest BCUT2D eigenvalue weighted by Crippen LogP contribution is 2.12. The Morgan fingerprint density at radius 2 is 1.88 bits per heavy atom. The van der Waals surface area contributed by atoms with Gasteiger partial charge in [0.2, 0.25) is 0 Å². The van der Waals surface area contributed by atoms with E-state index in [1.54, 1.807) is 12.1 Å². The van der Waals surface area contributed by atoms with Crippen molar-refractivity contribution < 1.29 is 0 Å². The number of hydrogen-bond donors (Lipinski definition) is 2. The van der Waals surface area contributed by atoms with Gasteiger partial charge in [-0.25, -0.2) is 4.79 Å². The summed E-state index contributed by atoms with van der Waals surface area (Å²) < 4.78 is 2.27. The van der Waals surface area contributed by atoms with E-state index in [1.807, 2.05) is 12.1 Å². The van der Waals surface area contributed by atoms with Crippen LogP contribution in [0, 0.1) is 0 Å². The number of halogens is 1. The van der Waals surface area contributed by atoms with Crippen LogP contribution in [0.5, 0.6) is 0 Å². The van der Waals surface area contributed by atoms with Gasteiger partial charge in [0.25, 0.3) is 5.56 Å². The van der Waals surface area contributed by atoms with E-state index in [0.29, 0.717) is 11.3 Å². The highest BCUT2D eigenvalue weighted by atomic mass is 79.9. The Hall–Kier alpha value is -1.66. The predicted octanol–water partition coefficient (Wildman–Crippen LogP) is 0.747. The molecule has 0 fully saturated rings. The van der Waals surface area contributed by atoms with Crippen LogP contribution in [0.15, 0.2) is 44.5 Å². The first kappa shape index (κ1) is 11.8. The van der Waals surface area contributed by atoms with Gasteiger partial charge < -0.3 is 5.73 Å². The van der Waals surface area contributed by atoms with E-state index in [0.717, 1.165) is 4.47 Å². The van der Waals surface area contributed by atoms with Gasteiger partial charge in [0, 0.05) is 22.8 Å². The van der Waals surface area contributed by atoms with Crippen molar-refractivity contribution in [2.75, 3.05) is 0 Å². The van der Waals surface area contributed by atoms with Crippen molar-refractivity contribution in [1.29, 1.82) is 0 Å². The van der Waals surface area contributed by atoms with Gasteiger partial charge in [0.1, 0.15) is 0 Å². The van der Waals surface area contributed by atoms with Crippen LogP contribution in [0.1, 0.15) is 5.56 Å². The highest BCUT2D eigenvalue weighted by molar-refractivity contribution is 9.10. The average molecular weight is 296 g/mol. The molecule has 0 bridgehead atoms. The van der Waals surface area contributed by atoms with Crippen molar-refractivity contribution in [2.24, 2.45) is 5.73 Å². The Kier molecular flexibility index (Phi) is 3.26. The third-order valence-electron chi connectivity index (χ3n) is 2.34. The van der Waals surface area contributed by atoms with E-state index in [1.165, 1.54) is 10.8 Å². The minimum absolute atomic E-state index is 0.0894. The molecule has 0 aliphatic carbocycles. The molecule has 0 amide bonds. The monoisotopic (exact) mass is 295 g/mol. The molecule has 1 aromatic heterocycles. The maximum absolute atomic E-state index is 11.6. The van der Waals surface area contributed by atoms with E-state index in [-0.39, 0.29) is 6.54 Å². The van der Waals surface area contributed by atoms with E-state index in [2.05, 4.69) is 20.9 Å². The summed E-state index contributed by atoms with van der Waals surface area (Å²) in [5, 5.41) is 0. The predicted molar refractivity (Wildman–Crippen MR) is 68.3 cm³/mol. The zero-order chi connectivity index (χ0) is 12.4. The van der Waals surface area contributed by atoms with Crippen LogP contribution in [-0.4, -0.2) is 9.55 Å². The fraction of sp³-hybridized carbons (Fsp3) is 0.0909. The van der Waals surface area contributed by atoms with Gasteiger partial charge in [0.05, 0.1) is 5.69 Å². The molecule has 0 unspecified atom stereocenters. The summed E-state index contributed by atoms with van der Waals surface area (Å²) in [5.74, 6) is 0. The summed E-state index contributed by atoms with van der Waals surface area (Å²) in [5.41, 5.74) is 5.55. The van der Waals surface area contributed by atoms with Crippen LogP contribution in [0.2, 0.25) is 0 Å². The first-order valence-corrected chi connectivity index (χ1v) is 5.72. The molecule has 5 nitrogen and oxygen atoms in total. The number of nitrogens with one attached hydrogen (secondary N) is 1. The van der Waals surface area contributed by atoms with Crippen molar-refractivity contribution in [3.8, 4) is 5.69 Å². The number of H-pyrrole nitrogens is 1. The van der Waals surface area contributed by atoms with Crippen LogP contribution in [0.25, 0.3) is 5.69 Å². The van der Waals surface area contributed by atoms with Gasteiger partial charge >= 0.3 is 5.69 Å². The average Bonchev–Trinajstić information content (AvgIpc) is 2.31. The largest absolute Gasteiger partial charge is 0.332 e. The number of rotatable bonds is 2. The SMILES string of the molecule is NCc1cn(-c2ccc(Br)cc2)c(=O)[nH]c1=O. The van der Waals surface area contributed by atoms with Gasteiger partial charge in [-0.15, -0.1) is 0 Å². The van der Waals surface area contributed by atoms with Crippen molar-refractivity contribution in [1.82, 2.24) is 9.55 Å². The quantitative estimate of drug-likeness (QED) is 0.858. The summed E-state index contributed by atoms with van der Waals surface area (Å²) in [6, 6.07) is 7.16. The number of nitrogens with two attached hydrogens (primary N) is 1. The molecule has 0 aliphatic rings. The lowest BCUT2D eigenvalue weighted by atomic mass is 10.3. The molecular formula is C11H10BrN3O2. The molecule has 0 saturated carbocycles. The molecule has 1 aromatic carbocycles. The maximum Gasteiger partial charge on any atom is 0.332 e. The molecule has 0 atom stereocenters. The molecule has 3 N–H and O–H groups in total. The van der Waals surface area contributed by atoms with Crippen molar-refractivity contribution >= 4 is 15.9 Å². The van der Waals surface area contributed by atoms with Crippen LogP contribution >= 0.6 is 15.9 Å². The lowest BCUT2D eigenvalue weighted by molar-refractivity contribution is 0.852. The van der Waals surface area contributed by atoms with Crippen LogP contribution in [0.3, 0.4) is 0 Å². The number of nitrogens with zero attached hydrogens (tertiary/aromatic N) is 1. The first-order valence-electron chi connectivity index (χ1n) is 4.92. The Bertz CT molecular complexity index is 643. The number of aromatic amines is 1. The first-order chi connectivity index (χ1) is 8.11. The zero-order valence-corrected chi connectivity index (χ0v) is 10.4. The lowest BCUT2D eigenvalue weighted by Gasteiger charge is -2.06. The second-order valence-corrected chi connectivity index (χ2v) is 4.38. The van der Waals surface area contributed by atoms with Crippen LogP contribution in [0.4, 0.5) is 0 Å². The van der Waals surface area contributed by atoms with Crippen LogP contribution in [-0.2, 0) is 6.54 Å². The Morgan fingerprint density at radius 1 is 1.24 bits per heavy atom. The van der Waals surface area contributed by atoms with Gasteiger partial charge in [-0.05, 0) is 24.3 Å². The second-order valence-electron chi connectivity index (χ2n) is 3.46. The summed E-state index contributed by atoms with van der Waals surface area (Å²) in [4.78, 5) is 25.2. The van der Waals surface area contributed by atoms with Crippen molar-refractivity contribution in [3.05, 3.63) is 61.3 Å². The molecule has 6 heteroatoms. The van der Waals surface area contributed by atoms with Gasteiger partial charge in [0.15, 0.2) is 0 Å². The zero-order valence-electron chi connectivity index (χ0n) is 8.81. The molecule has 0 saturated heterocycles. The second kappa shape index (κ2) is 4.68. The molecule has 0 spiro atoms. The molecule has 0 aliphatic heterocycles. The Labute approximate surface area is 105 Å². The molecule has 2 rings (SSSR count). The highest BCUT2D eigenvalue weighted by Gasteiger charge is 2.04. The number of benzene rings is 1. The standard InChI is InChI=1S/C11H10BrN3O2/c12-8-1-3-9(4-2-8)15-6-7(5-13)10(16)14-11(15)17/h1-4,6H,5,13H2,(H,14,16,17). The van der Waals surface area contributed by atoms with Gasteiger partial charge in [-0.1, -0.05) is 15.9 Å². The van der Waals surface area contributed by atoms with Gasteiger partial charge in [-0.3, -0.25) is 14.3 Å². The maximum atomic E-state index is 11.6. The molecule has 17 heavy (non-hydrogen) atoms. The lowest BCUT2D eigenvalue weighted by Crippen LogP contribution is -2.31. The fourth-order valence-electron chi connectivity index (χ4n) is 1.45. The molecule has 0 radical (unpaired) electrons. The smallest absolute Gasteiger partial charge is 0.326 e. The van der Waals surface area contributed by atoms with Gasteiger partial charge in [-0.2, -0.15) is 0 Å². The van der Waals surface area contributed by atoms with E-state index in [4.69, 9.17) is 5.73 Å². The van der Waals surface area contributed by atoms with E-state index < -0.39 is 11.2 Å². The van der Waals surface area contributed by atoms with Crippen LogP contribution < -0.4 is 17.0 Å². The van der Waals surface area contributed by atoms with Crippen molar-refractivity contribution in [2.45, 2.75) is 6.54 Å². The molecular weight excluding hydrogens is 286 g/mol. The third-order valence-corrected chi connectivity index (χ3v) is 2.87. The summed E-state index contributed by atoms with van der Waals surface area (Å²) in [6.45, 7) is 0.0894. The summed E-state index contributed by atoms with van der Waals surface area (Å²) >= 11 is 3.31. The minimum Gasteiger partial charge on any atom is -0.326 e. The number of hydrogen-bond acceptors (Lipinski definition) is 3. The minimum atomic E-state index is -0.477. The topological polar surface area (TPSA) is 80.9 Å². The fourth-order valence-corrected chi connectivity index (χ4v) is 1.71. The normalized spacial score (nSPS) is 10.5. The van der Waals surface area contributed by atoms with E-state index in [9.17, 15) is 9.59 Å². The van der Waals surface area contributed by atoms with Crippen molar-refractivity contribution in [3.63, 3.8) is 0 Å². The number of aromatic nitrogens is 2. The Balaban J connectivity index is 2.63. The summed E-state index contributed by atoms with van der Waals surface area (Å²) in [6.07, 6.45) is 1.46. The molecule has 1 heterocycles. The van der Waals surface area contributed by atoms with E-state index >= 15 is 0 Å². The Morgan fingerprint density at radius 3 is 2.47 bits per heavy atom. The third kappa shape index (κ3) is 2.37. The summed E-state index contributed by atoms with van der Waals surface area (Å²) in [7, 11) is 0. The molecule has 2 aromatic rings.